The van der Waals surface area contributed by atoms with Gasteiger partial charge in [0.25, 0.3) is 0 Å². The zero-order chi connectivity index (χ0) is 19.8. The fourth-order valence-corrected chi connectivity index (χ4v) is 3.62. The maximum Gasteiger partial charge on any atom is 0.344 e. The van der Waals surface area contributed by atoms with Crippen LogP contribution in [0, 0.1) is 0 Å². The van der Waals surface area contributed by atoms with E-state index in [0.717, 1.165) is 31.2 Å². The van der Waals surface area contributed by atoms with Crippen molar-refractivity contribution in [2.75, 3.05) is 19.8 Å². The van der Waals surface area contributed by atoms with Gasteiger partial charge in [0.15, 0.2) is 6.61 Å². The topological polar surface area (TPSA) is 67.8 Å². The highest BCUT2D eigenvalue weighted by molar-refractivity contribution is 5.85. The van der Waals surface area contributed by atoms with E-state index in [1.165, 1.54) is 11.1 Å². The van der Waals surface area contributed by atoms with Gasteiger partial charge in [0.1, 0.15) is 5.75 Å². The number of carbonyl (C=O) groups excluding carboxylic acids is 1. The molecule has 2 N–H and O–H groups in total. The van der Waals surface area contributed by atoms with Gasteiger partial charge < -0.3 is 19.9 Å². The number of hydrogen-bond acceptors (Lipinski definition) is 5. The molecule has 3 rings (SSSR count). The third-order valence-corrected chi connectivity index (χ3v) is 5.09. The zero-order valence-corrected chi connectivity index (χ0v) is 17.6. The van der Waals surface area contributed by atoms with Crippen molar-refractivity contribution in [3.8, 4) is 5.75 Å². The number of fused-ring (bicyclic) bond motifs is 1. The molecule has 0 spiro atoms. The van der Waals surface area contributed by atoms with Crippen LogP contribution in [0.1, 0.15) is 42.6 Å². The molecule has 0 saturated carbocycles. The smallest absolute Gasteiger partial charge is 0.344 e. The van der Waals surface area contributed by atoms with Crippen molar-refractivity contribution >= 4 is 18.4 Å². The Morgan fingerprint density at radius 2 is 2.00 bits per heavy atom. The van der Waals surface area contributed by atoms with Crippen LogP contribution in [0.4, 0.5) is 0 Å². The van der Waals surface area contributed by atoms with Crippen molar-refractivity contribution in [3.63, 3.8) is 0 Å². The largest absolute Gasteiger partial charge is 0.482 e. The Morgan fingerprint density at radius 3 is 2.76 bits per heavy atom. The van der Waals surface area contributed by atoms with Gasteiger partial charge in [-0.3, -0.25) is 0 Å². The first kappa shape index (κ1) is 23.2. The van der Waals surface area contributed by atoms with E-state index in [0.29, 0.717) is 24.9 Å². The lowest BCUT2D eigenvalue weighted by Crippen LogP contribution is -2.34. The van der Waals surface area contributed by atoms with E-state index < -0.39 is 6.10 Å². The van der Waals surface area contributed by atoms with Gasteiger partial charge in [0, 0.05) is 12.6 Å². The molecule has 29 heavy (non-hydrogen) atoms. The van der Waals surface area contributed by atoms with Crippen LogP contribution >= 0.6 is 12.4 Å². The summed E-state index contributed by atoms with van der Waals surface area (Å²) < 4.78 is 10.5. The number of aliphatic hydroxyl groups excluding tert-OH is 1. The van der Waals surface area contributed by atoms with Crippen LogP contribution in [0.5, 0.6) is 5.75 Å². The number of esters is 1. The fourth-order valence-electron chi connectivity index (χ4n) is 3.62. The molecule has 0 aliphatic heterocycles. The Labute approximate surface area is 178 Å². The first-order chi connectivity index (χ1) is 13.7. The van der Waals surface area contributed by atoms with E-state index in [2.05, 4.69) is 11.4 Å². The lowest BCUT2D eigenvalue weighted by atomic mass is 10.0. The Morgan fingerprint density at radius 1 is 1.21 bits per heavy atom. The lowest BCUT2D eigenvalue weighted by molar-refractivity contribution is -0.145. The molecule has 0 fully saturated rings. The Balaban J connectivity index is 0.00000300. The van der Waals surface area contributed by atoms with Gasteiger partial charge in [-0.25, -0.2) is 4.79 Å². The summed E-state index contributed by atoms with van der Waals surface area (Å²) in [5, 5.41) is 13.9. The normalized spacial score (nSPS) is 16.7. The average molecular weight is 420 g/mol. The molecule has 0 heterocycles. The second-order valence-corrected chi connectivity index (χ2v) is 7.15. The molecular weight excluding hydrogens is 390 g/mol. The number of rotatable bonds is 8. The summed E-state index contributed by atoms with van der Waals surface area (Å²) in [5.74, 6) is 0.337. The average Bonchev–Trinajstić information content (AvgIpc) is 2.92. The predicted octanol–water partition coefficient (Wildman–Crippen LogP) is 3.62. The highest BCUT2D eigenvalue weighted by atomic mass is 35.5. The van der Waals surface area contributed by atoms with Crippen molar-refractivity contribution in [3.05, 3.63) is 65.2 Å². The summed E-state index contributed by atoms with van der Waals surface area (Å²) in [6, 6.07) is 16.1. The van der Waals surface area contributed by atoms with Crippen LogP contribution in [0.15, 0.2) is 48.5 Å². The molecule has 158 valence electrons. The molecule has 0 saturated heterocycles. The molecule has 6 heteroatoms. The number of hydrogen-bond donors (Lipinski definition) is 2. The third-order valence-electron chi connectivity index (χ3n) is 5.09. The summed E-state index contributed by atoms with van der Waals surface area (Å²) in [7, 11) is 0. The number of aryl methyl sites for hydroxylation is 1. The molecule has 2 aromatic carbocycles. The number of halogens is 1. The highest BCUT2D eigenvalue weighted by Gasteiger charge is 2.18. The number of nitrogens with one attached hydrogen (secondary N) is 1. The highest BCUT2D eigenvalue weighted by Crippen LogP contribution is 2.25. The molecule has 5 nitrogen and oxygen atoms in total. The van der Waals surface area contributed by atoms with Crippen LogP contribution in [-0.4, -0.2) is 36.9 Å². The Bertz CT molecular complexity index is 769. The van der Waals surface area contributed by atoms with Gasteiger partial charge in [0.2, 0.25) is 0 Å². The molecular formula is C23H30ClNO4. The van der Waals surface area contributed by atoms with Crippen LogP contribution in [0.2, 0.25) is 0 Å². The number of benzene rings is 2. The Kier molecular flexibility index (Phi) is 9.45. The van der Waals surface area contributed by atoms with Gasteiger partial charge in [-0.05, 0) is 61.4 Å². The van der Waals surface area contributed by atoms with E-state index in [-0.39, 0.29) is 25.0 Å². The third kappa shape index (κ3) is 7.03. The standard InChI is InChI=1S/C23H29NO4.ClH/c1-2-27-23(26)16-28-21-12-11-17-9-6-10-20(13-19(17)14-21)24-15-22(25)18-7-4-3-5-8-18;/h3-5,7-8,11-12,14,20,22,24-25H,2,6,9-10,13,15-16H2,1H3;1H/t20?,22-;/m0./s1. The van der Waals surface area contributed by atoms with Gasteiger partial charge in [-0.1, -0.05) is 36.4 Å². The van der Waals surface area contributed by atoms with Crippen molar-refractivity contribution < 1.29 is 19.4 Å². The number of carbonyl (C=O) groups is 1. The minimum Gasteiger partial charge on any atom is -0.482 e. The van der Waals surface area contributed by atoms with Crippen molar-refractivity contribution in [2.45, 2.75) is 44.8 Å². The van der Waals surface area contributed by atoms with Gasteiger partial charge in [0.05, 0.1) is 12.7 Å². The minimum absolute atomic E-state index is 0. The maximum atomic E-state index is 11.5. The maximum absolute atomic E-state index is 11.5. The van der Waals surface area contributed by atoms with Gasteiger partial charge in [-0.2, -0.15) is 0 Å². The number of ether oxygens (including phenoxy) is 2. The Hall–Kier alpha value is -2.08. The van der Waals surface area contributed by atoms with Crippen molar-refractivity contribution in [1.82, 2.24) is 5.32 Å². The quantitative estimate of drug-likeness (QED) is 0.505. The SMILES string of the molecule is CCOC(=O)COc1ccc2c(c1)CC(NC[C@H](O)c1ccccc1)CCC2.Cl. The van der Waals surface area contributed by atoms with Crippen LogP contribution in [-0.2, 0) is 22.4 Å². The van der Waals surface area contributed by atoms with E-state index in [1.807, 2.05) is 42.5 Å². The summed E-state index contributed by atoms with van der Waals surface area (Å²) in [6.45, 7) is 2.59. The molecule has 1 aliphatic carbocycles. The number of aliphatic hydroxyl groups is 1. The molecule has 2 atom stereocenters. The monoisotopic (exact) mass is 419 g/mol. The molecule has 0 bridgehead atoms. The van der Waals surface area contributed by atoms with E-state index in [9.17, 15) is 9.90 Å². The summed E-state index contributed by atoms with van der Waals surface area (Å²) in [4.78, 5) is 11.5. The molecule has 0 radical (unpaired) electrons. The van der Waals surface area contributed by atoms with E-state index >= 15 is 0 Å². The van der Waals surface area contributed by atoms with Crippen molar-refractivity contribution in [1.29, 1.82) is 0 Å². The second-order valence-electron chi connectivity index (χ2n) is 7.15. The second kappa shape index (κ2) is 11.8. The van der Waals surface area contributed by atoms with E-state index in [4.69, 9.17) is 9.47 Å². The van der Waals surface area contributed by atoms with Crippen LogP contribution in [0.3, 0.4) is 0 Å². The summed E-state index contributed by atoms with van der Waals surface area (Å²) in [5.41, 5.74) is 3.50. The predicted molar refractivity (Wildman–Crippen MR) is 116 cm³/mol. The molecule has 0 amide bonds. The van der Waals surface area contributed by atoms with Gasteiger partial charge >= 0.3 is 5.97 Å². The fraction of sp³-hybridized carbons (Fsp3) is 0.435. The molecule has 1 aliphatic rings. The first-order valence-electron chi connectivity index (χ1n) is 10.0. The minimum atomic E-state index is -0.511. The van der Waals surface area contributed by atoms with Crippen LogP contribution < -0.4 is 10.1 Å². The molecule has 1 unspecified atom stereocenters. The summed E-state index contributed by atoms with van der Waals surface area (Å²) >= 11 is 0. The first-order valence-corrected chi connectivity index (χ1v) is 10.0. The lowest BCUT2D eigenvalue weighted by Gasteiger charge is -2.20. The van der Waals surface area contributed by atoms with Crippen LogP contribution in [0.25, 0.3) is 0 Å². The molecule has 0 aromatic heterocycles. The van der Waals surface area contributed by atoms with Crippen molar-refractivity contribution in [2.24, 2.45) is 0 Å². The zero-order valence-electron chi connectivity index (χ0n) is 16.8. The summed E-state index contributed by atoms with van der Waals surface area (Å²) in [6.07, 6.45) is 3.58. The molecule has 2 aromatic rings. The van der Waals surface area contributed by atoms with E-state index in [1.54, 1.807) is 6.92 Å². The van der Waals surface area contributed by atoms with Gasteiger partial charge in [-0.15, -0.1) is 12.4 Å².